The molecule has 3 rings (SSSR count). The van der Waals surface area contributed by atoms with Gasteiger partial charge in [0.1, 0.15) is 6.10 Å². The Morgan fingerprint density at radius 2 is 1.92 bits per heavy atom. The summed E-state index contributed by atoms with van der Waals surface area (Å²) in [6, 6.07) is 6.17. The molecule has 0 unspecified atom stereocenters. The van der Waals surface area contributed by atoms with Gasteiger partial charge in [-0.25, -0.2) is 14.8 Å². The van der Waals surface area contributed by atoms with Gasteiger partial charge in [0.2, 0.25) is 0 Å². The fraction of sp³-hybridized carbons (Fsp3) is 0.353. The van der Waals surface area contributed by atoms with Gasteiger partial charge in [0, 0.05) is 18.9 Å². The number of piperidine rings is 1. The smallest absolute Gasteiger partial charge is 0.418 e. The van der Waals surface area contributed by atoms with Crippen LogP contribution >= 0.6 is 0 Å². The SMILES string of the molecule is O=C(Nc1ccccc1C(F)(F)F)N1CCC[C@@H](Oc2ncccn2)C1. The first-order valence-electron chi connectivity index (χ1n) is 8.09. The highest BCUT2D eigenvalue weighted by molar-refractivity contribution is 5.90. The number of para-hydroxylation sites is 1. The third-order valence-corrected chi connectivity index (χ3v) is 3.95. The number of rotatable bonds is 3. The summed E-state index contributed by atoms with van der Waals surface area (Å²) in [6.07, 6.45) is -0.377. The highest BCUT2D eigenvalue weighted by Gasteiger charge is 2.34. The summed E-state index contributed by atoms with van der Waals surface area (Å²) in [6.45, 7) is 0.688. The molecule has 1 aromatic carbocycles. The van der Waals surface area contributed by atoms with Crippen LogP contribution in [0.3, 0.4) is 0 Å². The monoisotopic (exact) mass is 366 g/mol. The number of aromatic nitrogens is 2. The minimum atomic E-state index is -4.54. The van der Waals surface area contributed by atoms with E-state index < -0.39 is 17.8 Å². The van der Waals surface area contributed by atoms with Crippen LogP contribution in [0.25, 0.3) is 0 Å². The number of urea groups is 1. The van der Waals surface area contributed by atoms with Crippen molar-refractivity contribution in [2.24, 2.45) is 0 Å². The zero-order valence-corrected chi connectivity index (χ0v) is 13.7. The summed E-state index contributed by atoms with van der Waals surface area (Å²) >= 11 is 0. The average Bonchev–Trinajstić information content (AvgIpc) is 2.62. The van der Waals surface area contributed by atoms with Crippen molar-refractivity contribution < 1.29 is 22.7 Å². The molecule has 0 aliphatic carbocycles. The zero-order valence-electron chi connectivity index (χ0n) is 13.7. The number of nitrogens with one attached hydrogen (secondary N) is 1. The van der Waals surface area contributed by atoms with Gasteiger partial charge in [-0.05, 0) is 31.0 Å². The standard InChI is InChI=1S/C17H17F3N4O2/c18-17(19,20)13-6-1-2-7-14(13)23-16(25)24-10-3-5-12(11-24)26-15-21-8-4-9-22-15/h1-2,4,6-9,12H,3,5,10-11H2,(H,23,25)/t12-/m1/s1. The van der Waals surface area contributed by atoms with Gasteiger partial charge in [-0.2, -0.15) is 13.2 Å². The quantitative estimate of drug-likeness (QED) is 0.902. The Labute approximate surface area is 148 Å². The minimum Gasteiger partial charge on any atom is -0.458 e. The molecule has 1 saturated heterocycles. The molecule has 1 aliphatic rings. The van der Waals surface area contributed by atoms with E-state index in [-0.39, 0.29) is 24.3 Å². The fourth-order valence-electron chi connectivity index (χ4n) is 2.75. The van der Waals surface area contributed by atoms with E-state index in [4.69, 9.17) is 4.74 Å². The average molecular weight is 366 g/mol. The van der Waals surface area contributed by atoms with Gasteiger partial charge in [0.25, 0.3) is 0 Å². The zero-order chi connectivity index (χ0) is 18.6. The molecule has 1 aliphatic heterocycles. The second-order valence-electron chi connectivity index (χ2n) is 5.83. The number of halogens is 3. The summed E-state index contributed by atoms with van der Waals surface area (Å²) in [5, 5.41) is 2.35. The molecule has 1 N–H and O–H groups in total. The number of carbonyl (C=O) groups is 1. The molecule has 0 radical (unpaired) electrons. The number of amides is 2. The summed E-state index contributed by atoms with van der Waals surface area (Å²) in [5.41, 5.74) is -1.14. The molecule has 0 saturated carbocycles. The molecule has 9 heteroatoms. The summed E-state index contributed by atoms with van der Waals surface area (Å²) in [4.78, 5) is 21.8. The van der Waals surface area contributed by atoms with Gasteiger partial charge in [-0.1, -0.05) is 12.1 Å². The van der Waals surface area contributed by atoms with E-state index in [9.17, 15) is 18.0 Å². The van der Waals surface area contributed by atoms with E-state index in [0.29, 0.717) is 19.4 Å². The van der Waals surface area contributed by atoms with Crippen LogP contribution < -0.4 is 10.1 Å². The van der Waals surface area contributed by atoms with Crippen LogP contribution in [-0.4, -0.2) is 40.1 Å². The number of anilines is 1. The Balaban J connectivity index is 1.65. The predicted octanol–water partition coefficient (Wildman–Crippen LogP) is 3.57. The lowest BCUT2D eigenvalue weighted by Gasteiger charge is -2.32. The Morgan fingerprint density at radius 3 is 2.65 bits per heavy atom. The molecule has 2 aromatic rings. The van der Waals surface area contributed by atoms with Crippen molar-refractivity contribution in [3.8, 4) is 6.01 Å². The number of nitrogens with zero attached hydrogens (tertiary/aromatic N) is 3. The second-order valence-corrected chi connectivity index (χ2v) is 5.83. The summed E-state index contributed by atoms with van der Waals surface area (Å²) in [7, 11) is 0. The van der Waals surface area contributed by atoms with E-state index in [1.165, 1.54) is 23.1 Å². The number of benzene rings is 1. The third-order valence-electron chi connectivity index (χ3n) is 3.95. The number of hydrogen-bond acceptors (Lipinski definition) is 4. The first-order valence-corrected chi connectivity index (χ1v) is 8.09. The van der Waals surface area contributed by atoms with E-state index in [1.807, 2.05) is 0 Å². The van der Waals surface area contributed by atoms with Crippen molar-refractivity contribution in [1.29, 1.82) is 0 Å². The largest absolute Gasteiger partial charge is 0.458 e. The maximum atomic E-state index is 13.0. The van der Waals surface area contributed by atoms with Gasteiger partial charge < -0.3 is 15.0 Å². The predicted molar refractivity (Wildman–Crippen MR) is 87.7 cm³/mol. The first-order chi connectivity index (χ1) is 12.4. The molecular weight excluding hydrogens is 349 g/mol. The maximum Gasteiger partial charge on any atom is 0.418 e. The molecule has 1 aromatic heterocycles. The van der Waals surface area contributed by atoms with Gasteiger partial charge in [0.05, 0.1) is 17.8 Å². The summed E-state index contributed by atoms with van der Waals surface area (Å²) < 4.78 is 44.8. The van der Waals surface area contributed by atoms with Gasteiger partial charge >= 0.3 is 18.2 Å². The lowest BCUT2D eigenvalue weighted by Crippen LogP contribution is -2.46. The Hall–Kier alpha value is -2.84. The van der Waals surface area contributed by atoms with Crippen molar-refractivity contribution in [3.63, 3.8) is 0 Å². The van der Waals surface area contributed by atoms with E-state index >= 15 is 0 Å². The van der Waals surface area contributed by atoms with Gasteiger partial charge in [0.15, 0.2) is 0 Å². The Kier molecular flexibility index (Phi) is 5.24. The molecule has 6 nitrogen and oxygen atoms in total. The molecule has 138 valence electrons. The van der Waals surface area contributed by atoms with Crippen LogP contribution in [0, 0.1) is 0 Å². The van der Waals surface area contributed by atoms with Crippen LogP contribution in [-0.2, 0) is 6.18 Å². The first kappa shape index (κ1) is 18.0. The summed E-state index contributed by atoms with van der Waals surface area (Å²) in [5.74, 6) is 0. The molecule has 0 spiro atoms. The van der Waals surface area contributed by atoms with Crippen molar-refractivity contribution in [2.75, 3.05) is 18.4 Å². The molecular formula is C17H17F3N4O2. The van der Waals surface area contributed by atoms with Gasteiger partial charge in [-0.15, -0.1) is 0 Å². The van der Waals surface area contributed by atoms with Crippen molar-refractivity contribution >= 4 is 11.7 Å². The number of carbonyl (C=O) groups excluding carboxylic acids is 1. The maximum absolute atomic E-state index is 13.0. The van der Waals surface area contributed by atoms with Crippen molar-refractivity contribution in [2.45, 2.75) is 25.1 Å². The minimum absolute atomic E-state index is 0.210. The lowest BCUT2D eigenvalue weighted by molar-refractivity contribution is -0.136. The van der Waals surface area contributed by atoms with Crippen LogP contribution in [0.1, 0.15) is 18.4 Å². The van der Waals surface area contributed by atoms with Crippen LogP contribution in [0.2, 0.25) is 0 Å². The second kappa shape index (κ2) is 7.59. The highest BCUT2D eigenvalue weighted by Crippen LogP contribution is 2.34. The molecule has 26 heavy (non-hydrogen) atoms. The molecule has 1 fully saturated rings. The number of likely N-dealkylation sites (tertiary alicyclic amines) is 1. The number of alkyl halides is 3. The van der Waals surface area contributed by atoms with Crippen LogP contribution in [0.4, 0.5) is 23.7 Å². The van der Waals surface area contributed by atoms with Crippen LogP contribution in [0.5, 0.6) is 6.01 Å². The lowest BCUT2D eigenvalue weighted by atomic mass is 10.1. The number of ether oxygens (including phenoxy) is 1. The normalized spacial score (nSPS) is 17.7. The Morgan fingerprint density at radius 1 is 1.19 bits per heavy atom. The van der Waals surface area contributed by atoms with Crippen molar-refractivity contribution in [3.05, 3.63) is 48.3 Å². The highest BCUT2D eigenvalue weighted by atomic mass is 19.4. The third kappa shape index (κ3) is 4.41. The molecule has 2 heterocycles. The van der Waals surface area contributed by atoms with Crippen molar-refractivity contribution in [1.82, 2.24) is 14.9 Å². The van der Waals surface area contributed by atoms with Crippen LogP contribution in [0.15, 0.2) is 42.7 Å². The van der Waals surface area contributed by atoms with E-state index in [1.54, 1.807) is 18.5 Å². The van der Waals surface area contributed by atoms with E-state index in [2.05, 4.69) is 15.3 Å². The topological polar surface area (TPSA) is 67.4 Å². The van der Waals surface area contributed by atoms with Gasteiger partial charge in [-0.3, -0.25) is 0 Å². The Bertz CT molecular complexity index is 755. The fourth-order valence-corrected chi connectivity index (χ4v) is 2.75. The van der Waals surface area contributed by atoms with E-state index in [0.717, 1.165) is 6.07 Å². The molecule has 1 atom stereocenters. The number of hydrogen-bond donors (Lipinski definition) is 1. The molecule has 0 bridgehead atoms. The molecule has 2 amide bonds.